The average Bonchev–Trinajstić information content (AvgIpc) is 3.12. The summed E-state index contributed by atoms with van der Waals surface area (Å²) in [6.07, 6.45) is -0.602. The Morgan fingerprint density at radius 1 is 1.00 bits per heavy atom. The highest BCUT2D eigenvalue weighted by Crippen LogP contribution is 2.33. The molecule has 0 amide bonds. The van der Waals surface area contributed by atoms with Crippen LogP contribution in [0.3, 0.4) is 0 Å². The Morgan fingerprint density at radius 2 is 1.69 bits per heavy atom. The zero-order valence-electron chi connectivity index (χ0n) is 22.7. The van der Waals surface area contributed by atoms with Crippen LogP contribution in [0.1, 0.15) is 45.9 Å². The van der Waals surface area contributed by atoms with Crippen molar-refractivity contribution in [3.63, 3.8) is 0 Å². The van der Waals surface area contributed by atoms with Crippen LogP contribution in [-0.2, 0) is 11.3 Å². The zero-order chi connectivity index (χ0) is 26.3. The van der Waals surface area contributed by atoms with E-state index in [2.05, 4.69) is 18.7 Å². The smallest absolute Gasteiger partial charge is 0.227 e. The third kappa shape index (κ3) is 8.08. The number of benzene rings is 2. The summed E-state index contributed by atoms with van der Waals surface area (Å²) in [5, 5.41) is 15.6. The third-order valence-corrected chi connectivity index (χ3v) is 5.58. The summed E-state index contributed by atoms with van der Waals surface area (Å²) in [5.74, 6) is 2.47. The van der Waals surface area contributed by atoms with Gasteiger partial charge < -0.3 is 19.3 Å². The van der Waals surface area contributed by atoms with Crippen LogP contribution >= 0.6 is 0 Å². The topological polar surface area (TPSA) is 69.0 Å². The maximum Gasteiger partial charge on any atom is 0.227 e. The molecule has 0 radical (unpaired) electrons. The molecule has 2 aromatic carbocycles. The monoisotopic (exact) mass is 495 g/mol. The molecule has 3 rings (SSSR count). The van der Waals surface area contributed by atoms with E-state index in [1.807, 2.05) is 87.0 Å². The Kier molecular flexibility index (Phi) is 9.54. The Balaban J connectivity index is 1.94. The summed E-state index contributed by atoms with van der Waals surface area (Å²) in [6.45, 7) is 14.5. The molecular formula is C29H41N3O4. The van der Waals surface area contributed by atoms with Gasteiger partial charge in [-0.1, -0.05) is 38.1 Å². The zero-order valence-corrected chi connectivity index (χ0v) is 22.7. The highest BCUT2D eigenvalue weighted by atomic mass is 16.5. The van der Waals surface area contributed by atoms with Crippen LogP contribution in [0, 0.1) is 12.8 Å². The molecule has 36 heavy (non-hydrogen) atoms. The van der Waals surface area contributed by atoms with Crippen molar-refractivity contribution >= 4 is 0 Å². The second-order valence-corrected chi connectivity index (χ2v) is 10.6. The molecule has 0 aliphatic carbocycles. The molecule has 196 valence electrons. The van der Waals surface area contributed by atoms with Gasteiger partial charge in [-0.05, 0) is 57.9 Å². The van der Waals surface area contributed by atoms with Gasteiger partial charge in [-0.15, -0.1) is 0 Å². The second-order valence-electron chi connectivity index (χ2n) is 10.6. The van der Waals surface area contributed by atoms with E-state index in [9.17, 15) is 5.11 Å². The van der Waals surface area contributed by atoms with Gasteiger partial charge in [0, 0.05) is 25.7 Å². The Morgan fingerprint density at radius 3 is 2.33 bits per heavy atom. The maximum absolute atomic E-state index is 10.8. The molecule has 0 saturated heterocycles. The molecule has 1 N–H and O–H groups in total. The van der Waals surface area contributed by atoms with E-state index in [0.29, 0.717) is 30.6 Å². The van der Waals surface area contributed by atoms with E-state index in [1.54, 1.807) is 7.11 Å². The van der Waals surface area contributed by atoms with Crippen LogP contribution in [0.2, 0.25) is 0 Å². The van der Waals surface area contributed by atoms with Crippen molar-refractivity contribution in [3.8, 4) is 23.1 Å². The number of methoxy groups -OCH3 is 1. The molecule has 0 spiro atoms. The summed E-state index contributed by atoms with van der Waals surface area (Å²) >= 11 is 0. The minimum atomic E-state index is -0.602. The molecule has 0 fully saturated rings. The van der Waals surface area contributed by atoms with Gasteiger partial charge in [0.05, 0.1) is 42.4 Å². The lowest BCUT2D eigenvalue weighted by Gasteiger charge is -2.28. The number of aliphatic hydroxyl groups is 1. The van der Waals surface area contributed by atoms with E-state index in [1.165, 1.54) is 0 Å². The number of aromatic nitrogens is 2. The summed E-state index contributed by atoms with van der Waals surface area (Å²) in [5.41, 5.74) is 2.48. The SMILES string of the molecule is COc1cccc(Oc2c(CN(CC(C)C)C[C@H](O)COC(C)(C)C)c(C)nn2-c2ccccc2)c1. The molecule has 1 heterocycles. The van der Waals surface area contributed by atoms with Crippen molar-refractivity contribution in [3.05, 3.63) is 65.9 Å². The van der Waals surface area contributed by atoms with Gasteiger partial charge in [0.1, 0.15) is 11.5 Å². The number of hydrogen-bond acceptors (Lipinski definition) is 6. The van der Waals surface area contributed by atoms with Gasteiger partial charge in [0.15, 0.2) is 0 Å². The standard InChI is InChI=1S/C29H41N3O4/c1-21(2)17-31(18-24(33)20-35-29(4,5)6)19-27-22(3)30-32(23-12-9-8-10-13-23)28(27)36-26-15-11-14-25(16-26)34-7/h8-16,21,24,33H,17-20H2,1-7H3/t24-/m0/s1. The fourth-order valence-electron chi connectivity index (χ4n) is 3.99. The van der Waals surface area contributed by atoms with Crippen molar-refractivity contribution in [2.75, 3.05) is 26.8 Å². The molecule has 0 saturated carbocycles. The minimum absolute atomic E-state index is 0.285. The van der Waals surface area contributed by atoms with Gasteiger partial charge in [-0.3, -0.25) is 4.90 Å². The van der Waals surface area contributed by atoms with Gasteiger partial charge >= 0.3 is 0 Å². The summed E-state index contributed by atoms with van der Waals surface area (Å²) in [7, 11) is 1.64. The van der Waals surface area contributed by atoms with Gasteiger partial charge in [-0.25, -0.2) is 4.68 Å². The second kappa shape index (κ2) is 12.4. The third-order valence-electron chi connectivity index (χ3n) is 5.58. The summed E-state index contributed by atoms with van der Waals surface area (Å²) < 4.78 is 19.5. The van der Waals surface area contributed by atoms with Crippen molar-refractivity contribution < 1.29 is 19.3 Å². The van der Waals surface area contributed by atoms with Crippen LogP contribution in [-0.4, -0.2) is 58.3 Å². The molecule has 1 aromatic heterocycles. The molecule has 0 aliphatic heterocycles. The lowest BCUT2D eigenvalue weighted by molar-refractivity contribution is -0.0573. The lowest BCUT2D eigenvalue weighted by Crippen LogP contribution is -2.38. The van der Waals surface area contributed by atoms with Crippen molar-refractivity contribution in [1.29, 1.82) is 0 Å². The molecule has 0 unspecified atom stereocenters. The van der Waals surface area contributed by atoms with E-state index in [0.717, 1.165) is 29.2 Å². The van der Waals surface area contributed by atoms with Crippen molar-refractivity contribution in [2.24, 2.45) is 5.92 Å². The number of aliphatic hydroxyl groups excluding tert-OH is 1. The summed E-state index contributed by atoms with van der Waals surface area (Å²) in [6, 6.07) is 17.5. The van der Waals surface area contributed by atoms with Crippen molar-refractivity contribution in [2.45, 2.75) is 59.8 Å². The Bertz CT molecular complexity index is 1090. The molecule has 7 nitrogen and oxygen atoms in total. The molecule has 1 atom stereocenters. The number of rotatable bonds is 12. The Labute approximate surface area is 215 Å². The number of para-hydroxylation sites is 1. The molecular weight excluding hydrogens is 454 g/mol. The Hall–Kier alpha value is -2.87. The van der Waals surface area contributed by atoms with Crippen LogP contribution in [0.4, 0.5) is 0 Å². The predicted molar refractivity (Wildman–Crippen MR) is 143 cm³/mol. The van der Waals surface area contributed by atoms with E-state index < -0.39 is 6.10 Å². The van der Waals surface area contributed by atoms with Gasteiger partial charge in [0.2, 0.25) is 5.88 Å². The molecule has 0 bridgehead atoms. The van der Waals surface area contributed by atoms with Crippen LogP contribution in [0.15, 0.2) is 54.6 Å². The summed E-state index contributed by atoms with van der Waals surface area (Å²) in [4.78, 5) is 2.25. The fourth-order valence-corrected chi connectivity index (χ4v) is 3.99. The minimum Gasteiger partial charge on any atom is -0.497 e. The molecule has 7 heteroatoms. The average molecular weight is 496 g/mol. The van der Waals surface area contributed by atoms with E-state index >= 15 is 0 Å². The van der Waals surface area contributed by atoms with Crippen LogP contribution in [0.25, 0.3) is 5.69 Å². The highest BCUT2D eigenvalue weighted by Gasteiger charge is 2.24. The highest BCUT2D eigenvalue weighted by molar-refractivity contribution is 5.44. The fraction of sp³-hybridized carbons (Fsp3) is 0.483. The number of hydrogen-bond donors (Lipinski definition) is 1. The lowest BCUT2D eigenvalue weighted by atomic mass is 10.1. The number of ether oxygens (including phenoxy) is 3. The molecule has 0 aliphatic rings. The van der Waals surface area contributed by atoms with E-state index in [-0.39, 0.29) is 12.2 Å². The van der Waals surface area contributed by atoms with Crippen LogP contribution in [0.5, 0.6) is 17.4 Å². The molecule has 3 aromatic rings. The number of nitrogens with zero attached hydrogens (tertiary/aromatic N) is 3. The van der Waals surface area contributed by atoms with Gasteiger partial charge in [-0.2, -0.15) is 5.10 Å². The number of aryl methyl sites for hydroxylation is 1. The normalized spacial score (nSPS) is 12.8. The van der Waals surface area contributed by atoms with Gasteiger partial charge in [0.25, 0.3) is 0 Å². The first kappa shape index (κ1) is 27.7. The first-order valence-electron chi connectivity index (χ1n) is 12.6. The van der Waals surface area contributed by atoms with Crippen LogP contribution < -0.4 is 9.47 Å². The maximum atomic E-state index is 10.8. The predicted octanol–water partition coefficient (Wildman–Crippen LogP) is 5.62. The quantitative estimate of drug-likeness (QED) is 0.352. The first-order valence-corrected chi connectivity index (χ1v) is 12.6. The largest absolute Gasteiger partial charge is 0.497 e. The van der Waals surface area contributed by atoms with Crippen molar-refractivity contribution in [1.82, 2.24) is 14.7 Å². The van der Waals surface area contributed by atoms with E-state index in [4.69, 9.17) is 19.3 Å². The first-order chi connectivity index (χ1) is 17.1.